The number of aromatic nitrogens is 8. The Hall–Kier alpha value is -8.62. The standard InChI is InChI=1S/C54H34N8/c1-5-19-35(20-6-1)39-27-13-14-29-42(39)52-56-51(38-25-11-4-12-26-38)57-53(60-52)61-45-32-18-16-30-43(45)47-46(61)34-33-41-40-28-15-17-31-44(40)62(48(41)47)54-58-49(36-21-7-2-8-22-36)55-50(59-54)37-23-9-3-10-24-37/h1-34H. The largest absolute Gasteiger partial charge is 0.278 e. The van der Waals surface area contributed by atoms with Crippen LogP contribution in [0.15, 0.2) is 206 Å². The Balaban J connectivity index is 1.17. The molecule has 0 radical (unpaired) electrons. The first kappa shape index (κ1) is 35.3. The van der Waals surface area contributed by atoms with Crippen molar-refractivity contribution in [2.24, 2.45) is 0 Å². The SMILES string of the molecule is c1ccc(-c2nc(-c3ccccc3-c3ccccc3)nc(-n3c4ccccc4c4c3ccc3c5ccccc5n(-c5nc(-c6ccccc6)nc(-c6ccccc6)n5)c34)n2)cc1. The molecule has 8 aromatic carbocycles. The predicted octanol–water partition coefficient (Wildman–Crippen LogP) is 12.6. The molecule has 0 spiro atoms. The van der Waals surface area contributed by atoms with Crippen LogP contribution in [-0.2, 0) is 0 Å². The van der Waals surface area contributed by atoms with Gasteiger partial charge >= 0.3 is 0 Å². The van der Waals surface area contributed by atoms with Crippen LogP contribution in [0.3, 0.4) is 0 Å². The van der Waals surface area contributed by atoms with E-state index in [-0.39, 0.29) is 0 Å². The maximum Gasteiger partial charge on any atom is 0.238 e. The molecule has 8 heteroatoms. The van der Waals surface area contributed by atoms with Crippen LogP contribution < -0.4 is 0 Å². The van der Waals surface area contributed by atoms with E-state index in [9.17, 15) is 0 Å². The van der Waals surface area contributed by atoms with E-state index in [0.717, 1.165) is 77.0 Å². The molecule has 0 unspecified atom stereocenters. The van der Waals surface area contributed by atoms with Gasteiger partial charge in [0.05, 0.1) is 22.1 Å². The van der Waals surface area contributed by atoms with Crippen LogP contribution in [0.5, 0.6) is 0 Å². The second kappa shape index (κ2) is 14.6. The van der Waals surface area contributed by atoms with E-state index >= 15 is 0 Å². The maximum absolute atomic E-state index is 5.35. The van der Waals surface area contributed by atoms with Gasteiger partial charge in [-0.25, -0.2) is 9.97 Å². The lowest BCUT2D eigenvalue weighted by Crippen LogP contribution is -2.07. The molecule has 0 atom stereocenters. The van der Waals surface area contributed by atoms with Crippen molar-refractivity contribution >= 4 is 43.6 Å². The molecule has 0 fully saturated rings. The summed E-state index contributed by atoms with van der Waals surface area (Å²) >= 11 is 0. The molecule has 8 nitrogen and oxygen atoms in total. The summed E-state index contributed by atoms with van der Waals surface area (Å²) in [7, 11) is 0. The van der Waals surface area contributed by atoms with Gasteiger partial charge in [0.2, 0.25) is 11.9 Å². The molecular weight excluding hydrogens is 761 g/mol. The normalized spacial score (nSPS) is 11.5. The second-order valence-electron chi connectivity index (χ2n) is 15.1. The van der Waals surface area contributed by atoms with Crippen molar-refractivity contribution in [3.05, 3.63) is 206 Å². The number of para-hydroxylation sites is 2. The van der Waals surface area contributed by atoms with Crippen LogP contribution in [0.25, 0.3) is 112 Å². The van der Waals surface area contributed by atoms with Crippen LogP contribution in [0.4, 0.5) is 0 Å². The third-order valence-electron chi connectivity index (χ3n) is 11.5. The van der Waals surface area contributed by atoms with Crippen molar-refractivity contribution in [3.8, 4) is 68.6 Å². The molecule has 62 heavy (non-hydrogen) atoms. The van der Waals surface area contributed by atoms with Gasteiger partial charge in [-0.05, 0) is 29.3 Å². The second-order valence-corrected chi connectivity index (χ2v) is 15.1. The van der Waals surface area contributed by atoms with Gasteiger partial charge in [-0.2, -0.15) is 19.9 Å². The first-order valence-electron chi connectivity index (χ1n) is 20.6. The van der Waals surface area contributed by atoms with Crippen LogP contribution in [0, 0.1) is 0 Å². The first-order chi connectivity index (χ1) is 30.8. The van der Waals surface area contributed by atoms with E-state index in [4.69, 9.17) is 29.9 Å². The van der Waals surface area contributed by atoms with E-state index in [0.29, 0.717) is 35.2 Å². The predicted molar refractivity (Wildman–Crippen MR) is 249 cm³/mol. The van der Waals surface area contributed by atoms with Crippen molar-refractivity contribution in [2.45, 2.75) is 0 Å². The Morgan fingerprint density at radius 1 is 0.258 bits per heavy atom. The topological polar surface area (TPSA) is 87.2 Å². The highest BCUT2D eigenvalue weighted by molar-refractivity contribution is 6.26. The van der Waals surface area contributed by atoms with Crippen LogP contribution >= 0.6 is 0 Å². The summed E-state index contributed by atoms with van der Waals surface area (Å²) < 4.78 is 4.38. The van der Waals surface area contributed by atoms with Gasteiger partial charge < -0.3 is 0 Å². The van der Waals surface area contributed by atoms with E-state index in [1.807, 2.05) is 103 Å². The first-order valence-corrected chi connectivity index (χ1v) is 20.6. The molecular formula is C54H34N8. The van der Waals surface area contributed by atoms with Crippen LogP contribution in [-0.4, -0.2) is 39.0 Å². The Kier molecular flexibility index (Phi) is 8.31. The molecule has 0 bridgehead atoms. The summed E-state index contributed by atoms with van der Waals surface area (Å²) in [6, 6.07) is 70.4. The van der Waals surface area contributed by atoms with Crippen molar-refractivity contribution in [2.75, 3.05) is 0 Å². The van der Waals surface area contributed by atoms with Gasteiger partial charge in [0, 0.05) is 43.8 Å². The smallest absolute Gasteiger partial charge is 0.238 e. The van der Waals surface area contributed by atoms with Crippen LogP contribution in [0.2, 0.25) is 0 Å². The molecule has 4 aromatic heterocycles. The van der Waals surface area contributed by atoms with Gasteiger partial charge in [0.1, 0.15) is 0 Å². The Labute approximate surface area is 356 Å². The Bertz CT molecular complexity index is 3560. The Morgan fingerprint density at radius 3 is 1.26 bits per heavy atom. The fourth-order valence-electron chi connectivity index (χ4n) is 8.68. The molecule has 12 aromatic rings. The summed E-state index contributed by atoms with van der Waals surface area (Å²) in [6.07, 6.45) is 0. The molecule has 12 rings (SSSR count). The molecule has 4 heterocycles. The monoisotopic (exact) mass is 794 g/mol. The zero-order valence-electron chi connectivity index (χ0n) is 33.2. The van der Waals surface area contributed by atoms with Gasteiger partial charge in [-0.15, -0.1) is 0 Å². The average molecular weight is 795 g/mol. The summed E-state index contributed by atoms with van der Waals surface area (Å²) in [6.45, 7) is 0. The zero-order valence-corrected chi connectivity index (χ0v) is 33.2. The Morgan fingerprint density at radius 2 is 0.677 bits per heavy atom. The van der Waals surface area contributed by atoms with Gasteiger partial charge in [-0.1, -0.05) is 188 Å². The molecule has 290 valence electrons. The van der Waals surface area contributed by atoms with Crippen molar-refractivity contribution in [1.29, 1.82) is 0 Å². The minimum Gasteiger partial charge on any atom is -0.278 e. The minimum absolute atomic E-state index is 0.516. The molecule has 0 amide bonds. The summed E-state index contributed by atoms with van der Waals surface area (Å²) in [5.74, 6) is 3.40. The molecule has 0 N–H and O–H groups in total. The van der Waals surface area contributed by atoms with Crippen molar-refractivity contribution in [1.82, 2.24) is 39.0 Å². The maximum atomic E-state index is 5.35. The molecule has 0 aliphatic heterocycles. The number of nitrogens with zero attached hydrogens (tertiary/aromatic N) is 8. The highest BCUT2D eigenvalue weighted by Gasteiger charge is 2.25. The molecule has 0 saturated carbocycles. The lowest BCUT2D eigenvalue weighted by atomic mass is 9.99. The highest BCUT2D eigenvalue weighted by atomic mass is 15.2. The lowest BCUT2D eigenvalue weighted by molar-refractivity contribution is 0.951. The third kappa shape index (κ3) is 5.84. The number of hydrogen-bond acceptors (Lipinski definition) is 6. The number of rotatable bonds is 7. The lowest BCUT2D eigenvalue weighted by Gasteiger charge is -2.13. The van der Waals surface area contributed by atoms with Crippen molar-refractivity contribution in [3.63, 3.8) is 0 Å². The summed E-state index contributed by atoms with van der Waals surface area (Å²) in [5, 5.41) is 4.25. The summed E-state index contributed by atoms with van der Waals surface area (Å²) in [5.41, 5.74) is 9.63. The van der Waals surface area contributed by atoms with Crippen LogP contribution in [0.1, 0.15) is 0 Å². The fraction of sp³-hybridized carbons (Fsp3) is 0. The quantitative estimate of drug-likeness (QED) is 0.160. The highest BCUT2D eigenvalue weighted by Crippen LogP contribution is 2.42. The number of fused-ring (bicyclic) bond motifs is 7. The van der Waals surface area contributed by atoms with E-state index < -0.39 is 0 Å². The minimum atomic E-state index is 0.516. The van der Waals surface area contributed by atoms with Gasteiger partial charge in [0.15, 0.2) is 23.3 Å². The fourth-order valence-corrected chi connectivity index (χ4v) is 8.68. The molecule has 0 aliphatic carbocycles. The number of benzene rings is 8. The molecule has 0 saturated heterocycles. The third-order valence-corrected chi connectivity index (χ3v) is 11.5. The average Bonchev–Trinajstić information content (AvgIpc) is 3.88. The summed E-state index contributed by atoms with van der Waals surface area (Å²) in [4.78, 5) is 31.3. The van der Waals surface area contributed by atoms with Gasteiger partial charge in [-0.3, -0.25) is 9.13 Å². The van der Waals surface area contributed by atoms with E-state index in [2.05, 4.69) is 112 Å². The van der Waals surface area contributed by atoms with E-state index in [1.165, 1.54) is 0 Å². The number of hydrogen-bond donors (Lipinski definition) is 0. The zero-order chi connectivity index (χ0) is 41.0. The molecule has 0 aliphatic rings. The van der Waals surface area contributed by atoms with E-state index in [1.54, 1.807) is 0 Å². The van der Waals surface area contributed by atoms with Gasteiger partial charge in [0.25, 0.3) is 0 Å². The van der Waals surface area contributed by atoms with Crippen molar-refractivity contribution < 1.29 is 0 Å².